The molecule has 0 aromatic heterocycles. The molecule has 48 heavy (non-hydrogen) atoms. The van der Waals surface area contributed by atoms with Crippen LogP contribution in [0.1, 0.15) is 190 Å². The Labute approximate surface area is 299 Å². The van der Waals surface area contributed by atoms with Crippen LogP contribution in [0.2, 0.25) is 0 Å². The van der Waals surface area contributed by atoms with Crippen LogP contribution in [0.25, 0.3) is 0 Å². The van der Waals surface area contributed by atoms with Gasteiger partial charge in [-0.1, -0.05) is 151 Å². The van der Waals surface area contributed by atoms with Crippen molar-refractivity contribution in [1.82, 2.24) is 5.32 Å². The van der Waals surface area contributed by atoms with Crippen molar-refractivity contribution in [2.45, 2.75) is 214 Å². The third-order valence-corrected chi connectivity index (χ3v) is 9.13. The number of methoxy groups -OCH3 is 1. The zero-order valence-corrected chi connectivity index (χ0v) is 33.0. The van der Waals surface area contributed by atoms with Crippen molar-refractivity contribution in [3.63, 3.8) is 0 Å². The van der Waals surface area contributed by atoms with Crippen LogP contribution in [0.3, 0.4) is 0 Å². The first-order valence-corrected chi connectivity index (χ1v) is 20.3. The Balaban J connectivity index is 0. The van der Waals surface area contributed by atoms with Crippen LogP contribution in [0, 0.1) is 11.8 Å². The summed E-state index contributed by atoms with van der Waals surface area (Å²) < 4.78 is 17.4. The summed E-state index contributed by atoms with van der Waals surface area (Å²) in [6.45, 7) is 15.4. The molecule has 2 N–H and O–H groups in total. The van der Waals surface area contributed by atoms with E-state index in [9.17, 15) is 9.59 Å². The number of unbranched alkanes of at least 4 members (excludes halogenated alkanes) is 18. The summed E-state index contributed by atoms with van der Waals surface area (Å²) in [5.41, 5.74) is 0. The Hall–Kier alpha value is -1.12. The molecule has 0 aromatic carbocycles. The fourth-order valence-electron chi connectivity index (χ4n) is 6.50. The van der Waals surface area contributed by atoms with Crippen LogP contribution in [0.5, 0.6) is 0 Å². The van der Waals surface area contributed by atoms with Gasteiger partial charge < -0.3 is 24.6 Å². The van der Waals surface area contributed by atoms with Gasteiger partial charge in [0.15, 0.2) is 0 Å². The zero-order valence-electron chi connectivity index (χ0n) is 33.0. The van der Waals surface area contributed by atoms with E-state index >= 15 is 0 Å². The fraction of sp³-hybridized carbons (Fsp3) is 0.950. The molecule has 2 radical (unpaired) electrons. The SMILES string of the molecule is CC.CC.[B]C1OC(COC)C(C(C)C)C1OCCC(C)NC(=O)CCCCCCCCCCCCCCCCCCCCCC(=O)O. The Bertz CT molecular complexity index is 709. The summed E-state index contributed by atoms with van der Waals surface area (Å²) in [6, 6.07) is -0.363. The molecule has 1 aliphatic heterocycles. The van der Waals surface area contributed by atoms with Gasteiger partial charge in [-0.15, -0.1) is 0 Å². The van der Waals surface area contributed by atoms with E-state index in [1.807, 2.05) is 34.6 Å². The lowest BCUT2D eigenvalue weighted by Gasteiger charge is -2.27. The fourth-order valence-corrected chi connectivity index (χ4v) is 6.50. The highest BCUT2D eigenvalue weighted by molar-refractivity contribution is 6.11. The average molecular weight is 682 g/mol. The lowest BCUT2D eigenvalue weighted by molar-refractivity contribution is -0.137. The van der Waals surface area contributed by atoms with E-state index in [0.717, 1.165) is 32.1 Å². The van der Waals surface area contributed by atoms with Crippen molar-refractivity contribution in [1.29, 1.82) is 0 Å². The van der Waals surface area contributed by atoms with Gasteiger partial charge in [-0.25, -0.2) is 0 Å². The summed E-state index contributed by atoms with van der Waals surface area (Å²) in [5.74, 6) is 0.0602. The first kappa shape index (κ1) is 49.0. The van der Waals surface area contributed by atoms with E-state index in [4.69, 9.17) is 27.2 Å². The summed E-state index contributed by atoms with van der Waals surface area (Å²) in [6.07, 6.45) is 25.3. The summed E-state index contributed by atoms with van der Waals surface area (Å²) in [4.78, 5) is 22.9. The molecule has 5 atom stereocenters. The summed E-state index contributed by atoms with van der Waals surface area (Å²) >= 11 is 0. The molecule has 0 aliphatic carbocycles. The van der Waals surface area contributed by atoms with Crippen LogP contribution in [-0.2, 0) is 23.8 Å². The molecule has 0 bridgehead atoms. The number of carboxylic acid groups (broad SMARTS) is 1. The third-order valence-electron chi connectivity index (χ3n) is 9.13. The lowest BCUT2D eigenvalue weighted by Crippen LogP contribution is -2.37. The van der Waals surface area contributed by atoms with E-state index in [2.05, 4.69) is 19.2 Å². The van der Waals surface area contributed by atoms with Crippen molar-refractivity contribution in [2.75, 3.05) is 20.3 Å². The van der Waals surface area contributed by atoms with Gasteiger partial charge in [0.05, 0.1) is 18.8 Å². The minimum atomic E-state index is -0.667. The number of carboxylic acids is 1. The number of hydrogen-bond acceptors (Lipinski definition) is 5. The Morgan fingerprint density at radius 1 is 0.708 bits per heavy atom. The van der Waals surface area contributed by atoms with Gasteiger partial charge in [-0.2, -0.15) is 0 Å². The topological polar surface area (TPSA) is 94.1 Å². The van der Waals surface area contributed by atoms with Crippen molar-refractivity contribution in [3.8, 4) is 0 Å². The van der Waals surface area contributed by atoms with Gasteiger partial charge >= 0.3 is 5.97 Å². The molecular weight excluding hydrogens is 601 g/mol. The smallest absolute Gasteiger partial charge is 0.303 e. The number of ether oxygens (including phenoxy) is 3. The number of amides is 1. The maximum Gasteiger partial charge on any atom is 0.303 e. The average Bonchev–Trinajstić information content (AvgIpc) is 3.38. The second-order valence-corrected chi connectivity index (χ2v) is 13.6. The van der Waals surface area contributed by atoms with Gasteiger partial charge in [-0.05, 0) is 32.1 Å². The molecule has 1 fully saturated rings. The van der Waals surface area contributed by atoms with Gasteiger partial charge in [-0.3, -0.25) is 9.59 Å². The van der Waals surface area contributed by atoms with Gasteiger partial charge in [0, 0.05) is 44.5 Å². The molecule has 1 saturated heterocycles. The van der Waals surface area contributed by atoms with Crippen LogP contribution in [-0.4, -0.2) is 69.4 Å². The Morgan fingerprint density at radius 3 is 1.48 bits per heavy atom. The summed E-state index contributed by atoms with van der Waals surface area (Å²) in [7, 11) is 7.89. The Morgan fingerprint density at radius 2 is 1.10 bits per heavy atom. The molecule has 0 aromatic rings. The van der Waals surface area contributed by atoms with Crippen LogP contribution < -0.4 is 5.32 Å². The first-order chi connectivity index (χ1) is 23.3. The number of rotatable bonds is 30. The second-order valence-electron chi connectivity index (χ2n) is 13.6. The van der Waals surface area contributed by atoms with Gasteiger partial charge in [0.25, 0.3) is 0 Å². The first-order valence-electron chi connectivity index (χ1n) is 20.3. The molecule has 5 unspecified atom stereocenters. The quantitative estimate of drug-likeness (QED) is 0.0579. The van der Waals surface area contributed by atoms with E-state index in [-0.39, 0.29) is 30.1 Å². The third kappa shape index (κ3) is 27.7. The normalized spacial score (nSPS) is 19.3. The molecule has 7 nitrogen and oxygen atoms in total. The largest absolute Gasteiger partial charge is 0.481 e. The number of aliphatic carboxylic acids is 1. The number of nitrogens with one attached hydrogen (secondary N) is 1. The molecule has 1 amide bonds. The van der Waals surface area contributed by atoms with E-state index in [0.29, 0.717) is 32.0 Å². The molecule has 1 aliphatic rings. The number of hydrogen-bond donors (Lipinski definition) is 2. The zero-order chi connectivity index (χ0) is 36.4. The minimum Gasteiger partial charge on any atom is -0.481 e. The van der Waals surface area contributed by atoms with Crippen molar-refractivity contribution in [3.05, 3.63) is 0 Å². The molecule has 1 rings (SSSR count). The highest BCUT2D eigenvalue weighted by Gasteiger charge is 2.44. The standard InChI is InChI=1S/C36H68BNO6.2C2H6/c1-29(2)34-31(28-42-4)44-36(37)35(34)43-27-26-30(3)38-32(39)24-22-20-18-16-14-12-10-8-6-5-7-9-11-13-15-17-19-21-23-25-33(40)41;2*1-2/h29-31,34-36H,5-28H2,1-4H3,(H,38,39)(H,40,41);2*1-2H3. The van der Waals surface area contributed by atoms with Crippen LogP contribution in [0.15, 0.2) is 0 Å². The van der Waals surface area contributed by atoms with Gasteiger partial charge in [0.2, 0.25) is 5.91 Å². The molecule has 8 heteroatoms. The van der Waals surface area contributed by atoms with Crippen LogP contribution in [0.4, 0.5) is 0 Å². The van der Waals surface area contributed by atoms with Crippen molar-refractivity contribution >= 4 is 19.7 Å². The maximum absolute atomic E-state index is 12.4. The monoisotopic (exact) mass is 682 g/mol. The van der Waals surface area contributed by atoms with Gasteiger partial charge in [0.1, 0.15) is 7.85 Å². The minimum absolute atomic E-state index is 0.0410. The maximum atomic E-state index is 12.4. The molecule has 284 valence electrons. The summed E-state index contributed by atoms with van der Waals surface area (Å²) in [5, 5.41) is 11.8. The van der Waals surface area contributed by atoms with Crippen molar-refractivity contribution < 1.29 is 28.9 Å². The van der Waals surface area contributed by atoms with Crippen LogP contribution >= 0.6 is 0 Å². The predicted molar refractivity (Wildman–Crippen MR) is 204 cm³/mol. The van der Waals surface area contributed by atoms with Crippen molar-refractivity contribution in [2.24, 2.45) is 11.8 Å². The predicted octanol–water partition coefficient (Wildman–Crippen LogP) is 10.4. The molecule has 0 saturated carbocycles. The van der Waals surface area contributed by atoms with E-state index in [1.165, 1.54) is 96.3 Å². The molecule has 1 heterocycles. The lowest BCUT2D eigenvalue weighted by atomic mass is 9.81. The van der Waals surface area contributed by atoms with E-state index < -0.39 is 12.0 Å². The van der Waals surface area contributed by atoms with E-state index in [1.54, 1.807) is 7.11 Å². The molecular formula is C40H80BNO6. The molecule has 0 spiro atoms. The second kappa shape index (κ2) is 35.7. The highest BCUT2D eigenvalue weighted by Crippen LogP contribution is 2.34. The number of carbonyl (C=O) groups excluding carboxylic acids is 1. The highest BCUT2D eigenvalue weighted by atomic mass is 16.6. The Kier molecular flexibility index (Phi) is 36.4. The number of carbonyl (C=O) groups is 2.